The third-order valence-corrected chi connectivity index (χ3v) is 7.94. The molecule has 0 aromatic carbocycles. The molecule has 2 nitrogen and oxygen atoms in total. The minimum Gasteiger partial charge on any atom is -0.219 e. The average Bonchev–Trinajstić information content (AvgIpc) is 2.35. The summed E-state index contributed by atoms with van der Waals surface area (Å²) in [5.74, 6) is 3.12. The summed E-state index contributed by atoms with van der Waals surface area (Å²) in [5, 5.41) is 1.80. The maximum atomic E-state index is 6.07. The molecular weight excluding hydrogens is 410 g/mol. The first kappa shape index (κ1) is 14.5. The van der Waals surface area contributed by atoms with E-state index in [0.29, 0.717) is 20.8 Å². The van der Waals surface area contributed by atoms with Crippen LogP contribution in [0.15, 0.2) is 0 Å². The highest BCUT2D eigenvalue weighted by molar-refractivity contribution is 14.1. The van der Waals surface area contributed by atoms with E-state index in [9.17, 15) is 0 Å². The van der Waals surface area contributed by atoms with Gasteiger partial charge in [0, 0.05) is 16.8 Å². The summed E-state index contributed by atoms with van der Waals surface area (Å²) in [5.41, 5.74) is 0. The highest BCUT2D eigenvalue weighted by Crippen LogP contribution is 2.43. The van der Waals surface area contributed by atoms with Crippen molar-refractivity contribution in [2.45, 2.75) is 23.8 Å². The Morgan fingerprint density at radius 2 is 1.82 bits per heavy atom. The van der Waals surface area contributed by atoms with Crippen LogP contribution in [0.1, 0.15) is 24.4 Å². The van der Waals surface area contributed by atoms with E-state index < -0.39 is 0 Å². The minimum absolute atomic E-state index is 0.311. The molecule has 0 N–H and O–H groups in total. The maximum Gasteiger partial charge on any atom is 0.147 e. The molecule has 2 unspecified atom stereocenters. The van der Waals surface area contributed by atoms with Crippen LogP contribution in [-0.2, 0) is 0 Å². The second-order valence-corrected chi connectivity index (χ2v) is 7.98. The van der Waals surface area contributed by atoms with Crippen molar-refractivity contribution in [2.24, 2.45) is 0 Å². The zero-order valence-electron chi connectivity index (χ0n) is 9.12. The van der Waals surface area contributed by atoms with Crippen LogP contribution >= 0.6 is 69.3 Å². The Labute approximate surface area is 133 Å². The van der Waals surface area contributed by atoms with Gasteiger partial charge in [0.05, 0.1) is 8.82 Å². The fraction of sp³-hybridized carbons (Fsp3) is 0.600. The summed E-state index contributed by atoms with van der Waals surface area (Å²) < 4.78 is 0.733. The van der Waals surface area contributed by atoms with Crippen LogP contribution in [0, 0.1) is 3.57 Å². The largest absolute Gasteiger partial charge is 0.219 e. The SMILES string of the molecule is CCC1SCCSC1c1nc(Cl)c(I)c(Cl)n1. The summed E-state index contributed by atoms with van der Waals surface area (Å²) in [4.78, 5) is 8.77. The number of halogens is 3. The van der Waals surface area contributed by atoms with Gasteiger partial charge in [0.25, 0.3) is 0 Å². The quantitative estimate of drug-likeness (QED) is 0.512. The van der Waals surface area contributed by atoms with Crippen LogP contribution < -0.4 is 0 Å². The van der Waals surface area contributed by atoms with Gasteiger partial charge < -0.3 is 0 Å². The first-order valence-corrected chi connectivity index (χ1v) is 9.18. The standard InChI is InChI=1S/C10H11Cl2IN2S2/c1-2-5-7(17-4-3-16-5)10-14-8(11)6(13)9(12)15-10/h5,7H,2-4H2,1H3. The highest BCUT2D eigenvalue weighted by Gasteiger charge is 2.29. The van der Waals surface area contributed by atoms with E-state index >= 15 is 0 Å². The Kier molecular flexibility index (Phi) is 5.54. The fourth-order valence-corrected chi connectivity index (χ4v) is 5.31. The molecule has 0 aliphatic carbocycles. The monoisotopic (exact) mass is 420 g/mol. The van der Waals surface area contributed by atoms with Crippen LogP contribution in [0.3, 0.4) is 0 Å². The van der Waals surface area contributed by atoms with Gasteiger partial charge in [-0.3, -0.25) is 0 Å². The van der Waals surface area contributed by atoms with Crippen molar-refractivity contribution in [3.05, 3.63) is 19.7 Å². The Morgan fingerprint density at radius 3 is 2.41 bits per heavy atom. The van der Waals surface area contributed by atoms with Crippen molar-refractivity contribution in [1.82, 2.24) is 9.97 Å². The predicted octanol–water partition coefficient (Wildman–Crippen LogP) is 4.69. The Hall–Kier alpha value is 1.09. The van der Waals surface area contributed by atoms with E-state index in [1.54, 1.807) is 0 Å². The molecule has 2 atom stereocenters. The lowest BCUT2D eigenvalue weighted by molar-refractivity contribution is 0.748. The zero-order valence-corrected chi connectivity index (χ0v) is 14.4. The molecule has 7 heteroatoms. The molecule has 1 aromatic rings. The molecule has 0 saturated carbocycles. The number of aromatic nitrogens is 2. The third-order valence-electron chi connectivity index (χ3n) is 2.49. The van der Waals surface area contributed by atoms with Gasteiger partial charge in [-0.2, -0.15) is 11.8 Å². The van der Waals surface area contributed by atoms with Gasteiger partial charge in [-0.05, 0) is 29.0 Å². The summed E-state index contributed by atoms with van der Waals surface area (Å²) in [6, 6.07) is 0. The summed E-state index contributed by atoms with van der Waals surface area (Å²) >= 11 is 18.1. The van der Waals surface area contributed by atoms with E-state index in [1.807, 2.05) is 23.5 Å². The molecule has 0 bridgehead atoms. The molecule has 94 valence electrons. The Morgan fingerprint density at radius 1 is 1.24 bits per heavy atom. The first-order chi connectivity index (χ1) is 8.13. The highest BCUT2D eigenvalue weighted by atomic mass is 127. The zero-order chi connectivity index (χ0) is 12.4. The topological polar surface area (TPSA) is 25.8 Å². The molecule has 1 aromatic heterocycles. The molecule has 0 radical (unpaired) electrons. The molecule has 2 rings (SSSR count). The van der Waals surface area contributed by atoms with Crippen molar-refractivity contribution in [2.75, 3.05) is 11.5 Å². The normalized spacial score (nSPS) is 24.9. The summed E-state index contributed by atoms with van der Waals surface area (Å²) in [6.45, 7) is 2.20. The number of hydrogen-bond acceptors (Lipinski definition) is 4. The second-order valence-electron chi connectivity index (χ2n) is 3.59. The van der Waals surface area contributed by atoms with E-state index in [4.69, 9.17) is 23.2 Å². The van der Waals surface area contributed by atoms with E-state index in [1.165, 1.54) is 5.75 Å². The lowest BCUT2D eigenvalue weighted by Crippen LogP contribution is -2.20. The Bertz CT molecular complexity index is 396. The smallest absolute Gasteiger partial charge is 0.147 e. The van der Waals surface area contributed by atoms with Gasteiger partial charge in [-0.1, -0.05) is 30.1 Å². The van der Waals surface area contributed by atoms with Crippen LogP contribution in [0.2, 0.25) is 10.3 Å². The fourth-order valence-electron chi connectivity index (χ4n) is 1.68. The maximum absolute atomic E-state index is 6.07. The van der Waals surface area contributed by atoms with Gasteiger partial charge in [0.15, 0.2) is 0 Å². The predicted molar refractivity (Wildman–Crippen MR) is 86.5 cm³/mol. The lowest BCUT2D eigenvalue weighted by atomic mass is 10.2. The van der Waals surface area contributed by atoms with E-state index in [2.05, 4.69) is 39.5 Å². The van der Waals surface area contributed by atoms with Crippen LogP contribution in [0.4, 0.5) is 0 Å². The molecule has 1 fully saturated rings. The van der Waals surface area contributed by atoms with Gasteiger partial charge in [0.1, 0.15) is 16.1 Å². The van der Waals surface area contributed by atoms with Crippen molar-refractivity contribution in [1.29, 1.82) is 0 Å². The summed E-state index contributed by atoms with van der Waals surface area (Å²) in [6.07, 6.45) is 1.12. The molecule has 0 spiro atoms. The minimum atomic E-state index is 0.311. The van der Waals surface area contributed by atoms with Crippen molar-refractivity contribution in [3.63, 3.8) is 0 Å². The molecule has 1 aliphatic rings. The molecule has 2 heterocycles. The van der Waals surface area contributed by atoms with E-state index in [-0.39, 0.29) is 0 Å². The number of rotatable bonds is 2. The third kappa shape index (κ3) is 3.35. The van der Waals surface area contributed by atoms with Crippen molar-refractivity contribution in [3.8, 4) is 0 Å². The number of thioether (sulfide) groups is 2. The van der Waals surface area contributed by atoms with Crippen LogP contribution in [0.25, 0.3) is 0 Å². The number of hydrogen-bond donors (Lipinski definition) is 0. The number of nitrogens with zero attached hydrogens (tertiary/aromatic N) is 2. The average molecular weight is 421 g/mol. The van der Waals surface area contributed by atoms with Gasteiger partial charge >= 0.3 is 0 Å². The second kappa shape index (κ2) is 6.50. The van der Waals surface area contributed by atoms with Crippen LogP contribution in [0.5, 0.6) is 0 Å². The lowest BCUT2D eigenvalue weighted by Gasteiger charge is -2.28. The Balaban J connectivity index is 2.32. The first-order valence-electron chi connectivity index (χ1n) is 5.25. The molecule has 1 saturated heterocycles. The van der Waals surface area contributed by atoms with Gasteiger partial charge in [0.2, 0.25) is 0 Å². The molecule has 17 heavy (non-hydrogen) atoms. The van der Waals surface area contributed by atoms with E-state index in [0.717, 1.165) is 21.6 Å². The molecule has 1 aliphatic heterocycles. The summed E-state index contributed by atoms with van der Waals surface area (Å²) in [7, 11) is 0. The molecular formula is C10H11Cl2IN2S2. The van der Waals surface area contributed by atoms with Gasteiger partial charge in [-0.15, -0.1) is 11.8 Å². The van der Waals surface area contributed by atoms with Crippen molar-refractivity contribution >= 4 is 69.3 Å². The molecule has 0 amide bonds. The van der Waals surface area contributed by atoms with Crippen molar-refractivity contribution < 1.29 is 0 Å². The van der Waals surface area contributed by atoms with Gasteiger partial charge in [-0.25, -0.2) is 9.97 Å². The van der Waals surface area contributed by atoms with Crippen LogP contribution in [-0.4, -0.2) is 26.7 Å².